The predicted octanol–water partition coefficient (Wildman–Crippen LogP) is 4.63. The number of piperidine rings is 1. The lowest BCUT2D eigenvalue weighted by Crippen LogP contribution is -2.59. The molecule has 0 radical (unpaired) electrons. The summed E-state index contributed by atoms with van der Waals surface area (Å²) in [5.41, 5.74) is 0.0272. The number of nitrogens with zero attached hydrogens (tertiary/aromatic N) is 1. The Morgan fingerprint density at radius 2 is 1.67 bits per heavy atom. The summed E-state index contributed by atoms with van der Waals surface area (Å²) in [4.78, 5) is 13.3. The van der Waals surface area contributed by atoms with E-state index in [1.54, 1.807) is 0 Å². The lowest BCUT2D eigenvalue weighted by atomic mass is 9.96. The molecule has 2 aliphatic rings. The number of ether oxygens (including phenoxy) is 1. The van der Waals surface area contributed by atoms with Gasteiger partial charge in [-0.2, -0.15) is 30.7 Å². The van der Waals surface area contributed by atoms with E-state index in [9.17, 15) is 35.5 Å². The molecule has 1 aromatic carbocycles. The third kappa shape index (κ3) is 3.14. The molecule has 10 heteroatoms. The Bertz CT molecular complexity index is 773. The fraction of sp³-hybridized carbons (Fsp3) is 0.471. The molecule has 1 saturated heterocycles. The highest BCUT2D eigenvalue weighted by Gasteiger charge is 2.76. The molecular weight excluding hydrogens is 383 g/mol. The molecular formula is C17H14F7NO2. The highest BCUT2D eigenvalue weighted by molar-refractivity contribution is 5.89. The number of hydrogen-bond donors (Lipinski definition) is 0. The molecule has 1 fully saturated rings. The summed E-state index contributed by atoms with van der Waals surface area (Å²) in [7, 11) is 0. The summed E-state index contributed by atoms with van der Waals surface area (Å²) in [6.45, 7) is 0.146. The van der Waals surface area contributed by atoms with Crippen LogP contribution in [0.4, 0.5) is 30.7 Å². The van der Waals surface area contributed by atoms with Crippen LogP contribution in [0.25, 0.3) is 5.70 Å². The van der Waals surface area contributed by atoms with Crippen LogP contribution in [-0.4, -0.2) is 41.5 Å². The van der Waals surface area contributed by atoms with E-state index in [0.29, 0.717) is 18.9 Å². The van der Waals surface area contributed by atoms with Gasteiger partial charge in [0, 0.05) is 18.5 Å². The van der Waals surface area contributed by atoms with Crippen LogP contribution >= 0.6 is 0 Å². The van der Waals surface area contributed by atoms with Gasteiger partial charge >= 0.3 is 18.0 Å². The molecule has 0 bridgehead atoms. The standard InChI is InChI=1S/C17H14F7NO2/c18-15(19,16(20,21)17(22,23)24)13-9-11(25-8-4-3-7-14(25)26)10-5-1-2-6-12(10)27-13/h1-2,5-6,9,13H,3-4,7-8H2. The Balaban J connectivity index is 2.08. The van der Waals surface area contributed by atoms with Crippen molar-refractivity contribution >= 4 is 11.6 Å². The Hall–Kier alpha value is -2.26. The van der Waals surface area contributed by atoms with Crippen molar-refractivity contribution in [1.29, 1.82) is 0 Å². The van der Waals surface area contributed by atoms with Gasteiger partial charge in [0.25, 0.3) is 0 Å². The molecule has 1 aromatic rings. The van der Waals surface area contributed by atoms with Gasteiger partial charge in [-0.25, -0.2) is 0 Å². The second-order valence-electron chi connectivity index (χ2n) is 6.28. The zero-order valence-corrected chi connectivity index (χ0v) is 13.7. The molecule has 27 heavy (non-hydrogen) atoms. The number of hydrogen-bond acceptors (Lipinski definition) is 2. The maximum absolute atomic E-state index is 14.2. The van der Waals surface area contributed by atoms with E-state index >= 15 is 0 Å². The predicted molar refractivity (Wildman–Crippen MR) is 80.3 cm³/mol. The maximum atomic E-state index is 14.2. The normalized spacial score (nSPS) is 21.4. The van der Waals surface area contributed by atoms with Crippen LogP contribution in [0.3, 0.4) is 0 Å². The minimum absolute atomic E-state index is 0.125. The highest BCUT2D eigenvalue weighted by atomic mass is 19.4. The number of fused-ring (bicyclic) bond motifs is 1. The van der Waals surface area contributed by atoms with Gasteiger partial charge in [-0.05, 0) is 31.1 Å². The van der Waals surface area contributed by atoms with Crippen molar-refractivity contribution < 1.29 is 40.3 Å². The van der Waals surface area contributed by atoms with E-state index in [2.05, 4.69) is 0 Å². The van der Waals surface area contributed by atoms with E-state index in [-0.39, 0.29) is 30.0 Å². The first kappa shape index (κ1) is 19.5. The molecule has 0 saturated carbocycles. The monoisotopic (exact) mass is 397 g/mol. The van der Waals surface area contributed by atoms with E-state index in [1.807, 2.05) is 0 Å². The Kier molecular flexibility index (Phi) is 4.63. The van der Waals surface area contributed by atoms with Crippen LogP contribution in [-0.2, 0) is 4.79 Å². The molecule has 0 spiro atoms. The third-order valence-electron chi connectivity index (χ3n) is 4.47. The summed E-state index contributed by atoms with van der Waals surface area (Å²) < 4.78 is 97.6. The minimum Gasteiger partial charge on any atom is -0.479 e. The van der Waals surface area contributed by atoms with Crippen molar-refractivity contribution in [2.24, 2.45) is 0 Å². The van der Waals surface area contributed by atoms with Gasteiger partial charge in [0.05, 0.1) is 5.70 Å². The average molecular weight is 397 g/mol. The van der Waals surface area contributed by atoms with Gasteiger partial charge in [-0.1, -0.05) is 12.1 Å². The molecule has 3 nitrogen and oxygen atoms in total. The number of benzene rings is 1. The van der Waals surface area contributed by atoms with Crippen LogP contribution in [0.1, 0.15) is 24.8 Å². The molecule has 2 aliphatic heterocycles. The number of likely N-dealkylation sites (tertiary alicyclic amines) is 1. The molecule has 1 amide bonds. The Labute approximate surface area is 149 Å². The molecule has 2 heterocycles. The van der Waals surface area contributed by atoms with Gasteiger partial charge in [0.2, 0.25) is 5.91 Å². The first-order chi connectivity index (χ1) is 12.5. The van der Waals surface area contributed by atoms with Gasteiger partial charge in [0.1, 0.15) is 5.75 Å². The molecule has 1 atom stereocenters. The van der Waals surface area contributed by atoms with Gasteiger partial charge in [-0.3, -0.25) is 4.79 Å². The zero-order valence-electron chi connectivity index (χ0n) is 13.7. The third-order valence-corrected chi connectivity index (χ3v) is 4.47. The number of carbonyl (C=O) groups is 1. The summed E-state index contributed by atoms with van der Waals surface area (Å²) in [6.07, 6.45) is -7.64. The van der Waals surface area contributed by atoms with E-state index in [0.717, 1.165) is 4.90 Å². The van der Waals surface area contributed by atoms with Crippen molar-refractivity contribution in [2.75, 3.05) is 6.54 Å². The van der Waals surface area contributed by atoms with Crippen molar-refractivity contribution in [1.82, 2.24) is 4.90 Å². The number of carbonyl (C=O) groups excluding carboxylic acids is 1. The maximum Gasteiger partial charge on any atom is 0.460 e. The smallest absolute Gasteiger partial charge is 0.460 e. The summed E-state index contributed by atoms with van der Waals surface area (Å²) >= 11 is 0. The number of para-hydroxylation sites is 1. The largest absolute Gasteiger partial charge is 0.479 e. The van der Waals surface area contributed by atoms with Gasteiger partial charge in [0.15, 0.2) is 6.10 Å². The van der Waals surface area contributed by atoms with Crippen LogP contribution in [0.2, 0.25) is 0 Å². The first-order valence-electron chi connectivity index (χ1n) is 8.07. The topological polar surface area (TPSA) is 29.5 Å². The summed E-state index contributed by atoms with van der Waals surface area (Å²) in [5.74, 6) is -12.6. The van der Waals surface area contributed by atoms with Crippen molar-refractivity contribution in [3.63, 3.8) is 0 Å². The molecule has 0 aromatic heterocycles. The van der Waals surface area contributed by atoms with E-state index in [4.69, 9.17) is 4.74 Å². The lowest BCUT2D eigenvalue weighted by Gasteiger charge is -2.38. The fourth-order valence-corrected chi connectivity index (χ4v) is 3.03. The Morgan fingerprint density at radius 3 is 2.30 bits per heavy atom. The number of alkyl halides is 7. The van der Waals surface area contributed by atoms with E-state index < -0.39 is 30.0 Å². The van der Waals surface area contributed by atoms with Crippen LogP contribution in [0, 0.1) is 0 Å². The van der Waals surface area contributed by atoms with Crippen molar-refractivity contribution in [3.05, 3.63) is 35.9 Å². The molecule has 3 rings (SSSR count). The van der Waals surface area contributed by atoms with Crippen LogP contribution in [0.5, 0.6) is 5.75 Å². The second-order valence-corrected chi connectivity index (χ2v) is 6.28. The van der Waals surface area contributed by atoms with Crippen LogP contribution < -0.4 is 4.74 Å². The molecule has 1 unspecified atom stereocenters. The second kappa shape index (κ2) is 6.42. The summed E-state index contributed by atoms with van der Waals surface area (Å²) in [6, 6.07) is 5.45. The number of halogens is 7. The lowest BCUT2D eigenvalue weighted by molar-refractivity contribution is -0.365. The zero-order chi connectivity index (χ0) is 20.0. The molecule has 0 N–H and O–H groups in total. The SMILES string of the molecule is O=C1CCCCN1C1=CC(C(F)(F)C(F)(F)C(F)(F)F)Oc2ccccc21. The number of amides is 1. The van der Waals surface area contributed by atoms with Crippen molar-refractivity contribution in [3.8, 4) is 5.75 Å². The average Bonchev–Trinajstić information content (AvgIpc) is 2.60. The van der Waals surface area contributed by atoms with Crippen molar-refractivity contribution in [2.45, 2.75) is 43.4 Å². The minimum atomic E-state index is -6.47. The van der Waals surface area contributed by atoms with Crippen LogP contribution in [0.15, 0.2) is 30.3 Å². The number of rotatable bonds is 3. The quantitative estimate of drug-likeness (QED) is 0.696. The fourth-order valence-electron chi connectivity index (χ4n) is 3.03. The first-order valence-corrected chi connectivity index (χ1v) is 8.07. The molecule has 0 aliphatic carbocycles. The summed E-state index contributed by atoms with van der Waals surface area (Å²) in [5, 5.41) is 0. The van der Waals surface area contributed by atoms with E-state index in [1.165, 1.54) is 24.3 Å². The molecule has 148 valence electrons. The Morgan fingerprint density at radius 1 is 1.00 bits per heavy atom. The van der Waals surface area contributed by atoms with Gasteiger partial charge in [-0.15, -0.1) is 0 Å². The van der Waals surface area contributed by atoms with Gasteiger partial charge < -0.3 is 9.64 Å². The highest BCUT2D eigenvalue weighted by Crippen LogP contribution is 2.51.